The summed E-state index contributed by atoms with van der Waals surface area (Å²) >= 11 is 0. The first-order chi connectivity index (χ1) is 2.00. The average Bonchev–Trinajstić information content (AvgIpc) is 0.722. The zero-order valence-electron chi connectivity index (χ0n) is 5.42. The van der Waals surface area contributed by atoms with Crippen LogP contribution in [0.2, 0.25) is 0 Å². The van der Waals surface area contributed by atoms with Crippen molar-refractivity contribution >= 4 is 10.4 Å². The van der Waals surface area contributed by atoms with Crippen LogP contribution in [0.15, 0.2) is 0 Å². The van der Waals surface area contributed by atoms with Crippen LogP contribution in [-0.2, 0) is 10.4 Å². The summed E-state index contributed by atoms with van der Waals surface area (Å²) in [4.78, 5) is 0. The minimum atomic E-state index is -5.17. The first-order valence-corrected chi connectivity index (χ1v) is 2.00. The van der Waals surface area contributed by atoms with Crippen molar-refractivity contribution in [3.8, 4) is 0 Å². The van der Waals surface area contributed by atoms with Gasteiger partial charge in [0.05, 0.1) is 0 Å². The Morgan fingerprint density at radius 3 is 1.00 bits per heavy atom. The molecule has 0 N–H and O–H groups in total. The van der Waals surface area contributed by atoms with Gasteiger partial charge in [0.15, 0.2) is 0 Å². The Kier molecular flexibility index (Phi) is 46.6. The number of hydrogen-bond donors (Lipinski definition) is 0. The molecule has 0 aliphatic heterocycles. The molecule has 9 heavy (non-hydrogen) atoms. The van der Waals surface area contributed by atoms with Gasteiger partial charge in [-0.3, -0.25) is 8.42 Å². The van der Waals surface area contributed by atoms with Gasteiger partial charge in [-0.25, -0.2) is 0 Å². The molecule has 0 aromatic heterocycles. The van der Waals surface area contributed by atoms with E-state index in [1.807, 2.05) is 0 Å². The van der Waals surface area contributed by atoms with Gasteiger partial charge in [-0.15, -0.1) is 0 Å². The number of rotatable bonds is 0. The fourth-order valence-electron chi connectivity index (χ4n) is 0. The molecule has 0 unspecified atom stereocenters. The summed E-state index contributed by atoms with van der Waals surface area (Å²) in [5.41, 5.74) is 0. The van der Waals surface area contributed by atoms with E-state index in [-0.39, 0.29) is 123 Å². The van der Waals surface area contributed by atoms with Crippen molar-refractivity contribution in [2.45, 2.75) is 0 Å². The fourth-order valence-corrected chi connectivity index (χ4v) is 0. The predicted molar refractivity (Wildman–Crippen MR) is 10.5 cm³/mol. The molecule has 40 valence electrons. The minimum absolute atomic E-state index is 0. The quantitative estimate of drug-likeness (QED) is 0.229. The van der Waals surface area contributed by atoms with E-state index in [4.69, 9.17) is 17.5 Å². The first-order valence-electron chi connectivity index (χ1n) is 0.667. The van der Waals surface area contributed by atoms with Gasteiger partial charge in [-0.05, 0) is 0 Å². The summed E-state index contributed by atoms with van der Waals surface area (Å²) in [5, 5.41) is 0. The van der Waals surface area contributed by atoms with Crippen molar-refractivity contribution in [3.05, 3.63) is 0 Å². The van der Waals surface area contributed by atoms with Crippen LogP contribution in [0.1, 0.15) is 0 Å². The molecule has 0 bridgehead atoms. The van der Waals surface area contributed by atoms with E-state index in [0.717, 1.165) is 0 Å². The van der Waals surface area contributed by atoms with E-state index in [9.17, 15) is 0 Å². The molecule has 4 nitrogen and oxygen atoms in total. The molecular formula is ClKNa2O4S. The SMILES string of the molecule is O=S(=O)([O-])[O-].[Cl-].[K+].[Na+].[Na+]. The molecule has 0 fully saturated rings. The Balaban J connectivity index is -0.0000000133. The van der Waals surface area contributed by atoms with Crippen LogP contribution >= 0.6 is 0 Å². The van der Waals surface area contributed by atoms with E-state index in [0.29, 0.717) is 0 Å². The van der Waals surface area contributed by atoms with Gasteiger partial charge >= 0.3 is 110 Å². The number of halogens is 1. The topological polar surface area (TPSA) is 80.3 Å². The Morgan fingerprint density at radius 2 is 1.00 bits per heavy atom. The maximum absolute atomic E-state index is 8.52. The zero-order valence-corrected chi connectivity index (χ0v) is 14.1. The molecule has 0 saturated heterocycles. The second-order valence-corrected chi connectivity index (χ2v) is 1.22. The van der Waals surface area contributed by atoms with E-state index in [1.165, 1.54) is 0 Å². The van der Waals surface area contributed by atoms with Gasteiger partial charge in [0.1, 0.15) is 0 Å². The van der Waals surface area contributed by atoms with Crippen molar-refractivity contribution in [1.29, 1.82) is 0 Å². The van der Waals surface area contributed by atoms with Crippen LogP contribution in [-0.4, -0.2) is 17.5 Å². The molecule has 0 heterocycles. The molecule has 9 heteroatoms. The molecule has 0 saturated carbocycles. The van der Waals surface area contributed by atoms with Crippen LogP contribution < -0.4 is 123 Å². The summed E-state index contributed by atoms with van der Waals surface area (Å²) in [7, 11) is -5.17. The summed E-state index contributed by atoms with van der Waals surface area (Å²) in [6.45, 7) is 0. The van der Waals surface area contributed by atoms with Crippen molar-refractivity contribution in [2.75, 3.05) is 0 Å². The van der Waals surface area contributed by atoms with Crippen molar-refractivity contribution in [2.24, 2.45) is 0 Å². The molecule has 0 aliphatic carbocycles. The third-order valence-electron chi connectivity index (χ3n) is 0. The number of hydrogen-bond acceptors (Lipinski definition) is 4. The third-order valence-corrected chi connectivity index (χ3v) is 0. The molecule has 0 aromatic rings. The summed E-state index contributed by atoms with van der Waals surface area (Å²) in [6.07, 6.45) is 0. The maximum Gasteiger partial charge on any atom is 1.00 e. The Labute approximate surface area is 147 Å². The van der Waals surface area contributed by atoms with Gasteiger partial charge < -0.3 is 21.5 Å². The van der Waals surface area contributed by atoms with Crippen molar-refractivity contribution in [1.82, 2.24) is 0 Å². The van der Waals surface area contributed by atoms with Crippen LogP contribution in [0, 0.1) is 0 Å². The molecular weight excluding hydrogens is 217 g/mol. The second-order valence-electron chi connectivity index (χ2n) is 0.408. The van der Waals surface area contributed by atoms with Gasteiger partial charge in [-0.2, -0.15) is 0 Å². The molecule has 0 amide bonds. The van der Waals surface area contributed by atoms with E-state index in [2.05, 4.69) is 0 Å². The van der Waals surface area contributed by atoms with Crippen molar-refractivity contribution in [3.63, 3.8) is 0 Å². The van der Waals surface area contributed by atoms with E-state index in [1.54, 1.807) is 0 Å². The van der Waals surface area contributed by atoms with Gasteiger partial charge in [0, 0.05) is 10.4 Å². The average molecular weight is 217 g/mol. The third kappa shape index (κ3) is 78.5. The zero-order chi connectivity index (χ0) is 4.50. The van der Waals surface area contributed by atoms with Gasteiger partial charge in [0.25, 0.3) is 0 Å². The van der Waals surface area contributed by atoms with Crippen LogP contribution in [0.25, 0.3) is 0 Å². The Bertz CT molecular complexity index is 102. The van der Waals surface area contributed by atoms with Gasteiger partial charge in [0.2, 0.25) is 0 Å². The largest absolute Gasteiger partial charge is 1.00 e. The summed E-state index contributed by atoms with van der Waals surface area (Å²) in [6, 6.07) is 0. The van der Waals surface area contributed by atoms with Crippen LogP contribution in [0.3, 0.4) is 0 Å². The summed E-state index contributed by atoms with van der Waals surface area (Å²) < 4.78 is 34.1. The monoisotopic (exact) mass is 216 g/mol. The molecule has 0 aromatic carbocycles. The molecule has 0 rings (SSSR count). The smallest absolute Gasteiger partial charge is 1.00 e. The van der Waals surface area contributed by atoms with Crippen LogP contribution in [0.5, 0.6) is 0 Å². The molecule has 0 aliphatic rings. The normalized spacial score (nSPS) is 6.44. The fraction of sp³-hybridized carbons (Fsp3) is 0. The van der Waals surface area contributed by atoms with Gasteiger partial charge in [-0.1, -0.05) is 0 Å². The Morgan fingerprint density at radius 1 is 1.00 bits per heavy atom. The Hall–Kier alpha value is 3.80. The molecule has 0 atom stereocenters. The molecule has 0 spiro atoms. The van der Waals surface area contributed by atoms with E-state index < -0.39 is 10.4 Å². The predicted octanol–water partition coefficient (Wildman–Crippen LogP) is -13.3. The first kappa shape index (κ1) is 29.3. The second kappa shape index (κ2) is 14.3. The maximum atomic E-state index is 8.52. The van der Waals surface area contributed by atoms with Crippen LogP contribution in [0.4, 0.5) is 0 Å². The molecule has 0 radical (unpaired) electrons. The standard InChI is InChI=1S/ClH.K.2Na.H2O4S/c;;;;1-5(2,3)4/h1H;;;;(H2,1,2,3,4)/q;3*+1;/p-3. The minimum Gasteiger partial charge on any atom is -1.00 e. The van der Waals surface area contributed by atoms with E-state index >= 15 is 0 Å². The summed E-state index contributed by atoms with van der Waals surface area (Å²) in [5.74, 6) is 0. The van der Waals surface area contributed by atoms with Crippen molar-refractivity contribution < 1.29 is 140 Å².